The summed E-state index contributed by atoms with van der Waals surface area (Å²) >= 11 is 0. The number of fused-ring (bicyclic) bond motifs is 1. The van der Waals surface area contributed by atoms with Crippen LogP contribution in [0.3, 0.4) is 0 Å². The number of nitrogens with zero attached hydrogens (tertiary/aromatic N) is 2. The van der Waals surface area contributed by atoms with Crippen LogP contribution >= 0.6 is 0 Å². The van der Waals surface area contributed by atoms with Gasteiger partial charge in [0, 0.05) is 24.4 Å². The maximum Gasteiger partial charge on any atom is 0.410 e. The summed E-state index contributed by atoms with van der Waals surface area (Å²) in [5.74, 6) is -1.61. The van der Waals surface area contributed by atoms with Gasteiger partial charge in [-0.05, 0) is 62.3 Å². The highest BCUT2D eigenvalue weighted by Crippen LogP contribution is 2.41. The van der Waals surface area contributed by atoms with E-state index in [0.717, 1.165) is 24.0 Å². The second-order valence-electron chi connectivity index (χ2n) is 11.1. The first-order valence-corrected chi connectivity index (χ1v) is 14.6. The molecule has 0 radical (unpaired) electrons. The second kappa shape index (κ2) is 10.6. The van der Waals surface area contributed by atoms with Gasteiger partial charge in [0.15, 0.2) is 5.82 Å². The van der Waals surface area contributed by atoms with Gasteiger partial charge in [-0.25, -0.2) is 18.2 Å². The Morgan fingerprint density at radius 3 is 2.55 bits per heavy atom. The molecule has 11 heteroatoms. The van der Waals surface area contributed by atoms with E-state index in [9.17, 15) is 18.0 Å². The molecular formula is C29H32FN3O6S. The van der Waals surface area contributed by atoms with Crippen LogP contribution in [0.4, 0.5) is 14.9 Å². The number of nitrogens with one attached hydrogen (secondary N) is 1. The fourth-order valence-corrected chi connectivity index (χ4v) is 6.21. The molecular weight excluding hydrogens is 537 g/mol. The molecule has 0 aromatic heterocycles. The lowest BCUT2D eigenvalue weighted by Gasteiger charge is -2.34. The molecule has 1 N–H and O–H groups in total. The van der Waals surface area contributed by atoms with Gasteiger partial charge in [0.2, 0.25) is 0 Å². The van der Waals surface area contributed by atoms with Crippen molar-refractivity contribution in [3.8, 4) is 5.75 Å². The lowest BCUT2D eigenvalue weighted by Crippen LogP contribution is -2.42. The predicted molar refractivity (Wildman–Crippen MR) is 149 cm³/mol. The minimum atomic E-state index is -4.29. The van der Waals surface area contributed by atoms with Crippen LogP contribution in [-0.4, -0.2) is 50.6 Å². The van der Waals surface area contributed by atoms with E-state index in [-0.39, 0.29) is 35.4 Å². The molecule has 2 fully saturated rings. The zero-order valence-corrected chi connectivity index (χ0v) is 23.5. The van der Waals surface area contributed by atoms with Gasteiger partial charge in [0.25, 0.3) is 5.91 Å². The van der Waals surface area contributed by atoms with Crippen LogP contribution < -0.4 is 13.8 Å². The van der Waals surface area contributed by atoms with Crippen LogP contribution in [0.1, 0.15) is 50.7 Å². The summed E-state index contributed by atoms with van der Waals surface area (Å²) in [6.07, 6.45) is 1.18. The Labute approximate surface area is 233 Å². The Morgan fingerprint density at radius 1 is 1.12 bits per heavy atom. The first-order valence-electron chi connectivity index (χ1n) is 13.2. The van der Waals surface area contributed by atoms with Crippen molar-refractivity contribution in [1.82, 2.24) is 9.62 Å². The molecule has 212 valence electrons. The zero-order valence-electron chi connectivity index (χ0n) is 22.6. The topological polar surface area (TPSA) is 105 Å². The summed E-state index contributed by atoms with van der Waals surface area (Å²) in [6.45, 7) is 5.97. The molecule has 2 heterocycles. The number of likely N-dealkylation sites (tertiary alicyclic amines) is 1. The molecule has 9 nitrogen and oxygen atoms in total. The number of hydrogen-bond donors (Lipinski definition) is 1. The molecule has 1 atom stereocenters. The summed E-state index contributed by atoms with van der Waals surface area (Å²) in [5, 5.41) is 0.715. The predicted octanol–water partition coefficient (Wildman–Crippen LogP) is 4.85. The molecule has 2 aliphatic rings. The Hall–Kier alpha value is -3.86. The molecule has 0 bridgehead atoms. The van der Waals surface area contributed by atoms with Crippen LogP contribution in [0, 0.1) is 5.82 Å². The van der Waals surface area contributed by atoms with E-state index in [1.54, 1.807) is 23.1 Å². The first kappa shape index (κ1) is 27.7. The minimum Gasteiger partial charge on any atom is -0.487 e. The highest BCUT2D eigenvalue weighted by Gasteiger charge is 2.38. The highest BCUT2D eigenvalue weighted by atomic mass is 32.2. The lowest BCUT2D eigenvalue weighted by atomic mass is 9.89. The lowest BCUT2D eigenvalue weighted by molar-refractivity contribution is -0.117. The molecule has 3 aromatic rings. The monoisotopic (exact) mass is 569 g/mol. The van der Waals surface area contributed by atoms with Crippen molar-refractivity contribution >= 4 is 38.7 Å². The van der Waals surface area contributed by atoms with Crippen molar-refractivity contribution in [2.45, 2.75) is 51.7 Å². The van der Waals surface area contributed by atoms with E-state index >= 15 is 4.39 Å². The van der Waals surface area contributed by atoms with Gasteiger partial charge in [-0.15, -0.1) is 0 Å². The third-order valence-corrected chi connectivity index (χ3v) is 8.27. The maximum atomic E-state index is 16.3. The largest absolute Gasteiger partial charge is 0.487 e. The van der Waals surface area contributed by atoms with Crippen LogP contribution in [-0.2, 0) is 26.3 Å². The molecule has 0 aliphatic carbocycles. The molecule has 2 aliphatic heterocycles. The number of amides is 2. The Kier molecular flexibility index (Phi) is 7.34. The van der Waals surface area contributed by atoms with E-state index in [4.69, 9.17) is 9.47 Å². The quantitative estimate of drug-likeness (QED) is 0.471. The number of halogens is 1. The summed E-state index contributed by atoms with van der Waals surface area (Å²) in [4.78, 5) is 26.3. The third kappa shape index (κ3) is 5.84. The molecule has 0 saturated carbocycles. The fraction of sp³-hybridized carbons (Fsp3) is 0.379. The number of ether oxygens (including phenoxy) is 2. The summed E-state index contributed by atoms with van der Waals surface area (Å²) in [6, 6.07) is 16.1. The van der Waals surface area contributed by atoms with Crippen molar-refractivity contribution in [2.75, 3.05) is 23.9 Å². The first-order chi connectivity index (χ1) is 18.9. The van der Waals surface area contributed by atoms with Crippen LogP contribution in [0.25, 0.3) is 10.8 Å². The molecule has 0 spiro atoms. The molecule has 1 unspecified atom stereocenters. The summed E-state index contributed by atoms with van der Waals surface area (Å²) in [5.41, 5.74) is 0.702. The molecule has 40 heavy (non-hydrogen) atoms. The van der Waals surface area contributed by atoms with Gasteiger partial charge in [-0.1, -0.05) is 42.5 Å². The van der Waals surface area contributed by atoms with Crippen LogP contribution in [0.2, 0.25) is 0 Å². The van der Waals surface area contributed by atoms with Gasteiger partial charge in [-0.3, -0.25) is 4.79 Å². The van der Waals surface area contributed by atoms with Crippen molar-refractivity contribution in [3.05, 3.63) is 71.5 Å². The van der Waals surface area contributed by atoms with Gasteiger partial charge in [-0.2, -0.15) is 8.42 Å². The summed E-state index contributed by atoms with van der Waals surface area (Å²) in [7, 11) is -4.29. The van der Waals surface area contributed by atoms with Gasteiger partial charge >= 0.3 is 16.3 Å². The smallest absolute Gasteiger partial charge is 0.410 e. The normalized spacial score (nSPS) is 19.0. The molecule has 5 rings (SSSR count). The summed E-state index contributed by atoms with van der Waals surface area (Å²) < 4.78 is 55.8. The molecule has 3 aromatic carbocycles. The number of rotatable bonds is 5. The SMILES string of the molecule is CC(C)(C)OC(=O)N1CCCC(c2ccc3cc(OCc4ccccc4)c(N4CC(=O)NS4(=O)=O)c(F)c3c2)C1. The molecule has 2 amide bonds. The Balaban J connectivity index is 1.51. The van der Waals surface area contributed by atoms with Gasteiger partial charge in [0.05, 0.1) is 0 Å². The van der Waals surface area contributed by atoms with E-state index in [2.05, 4.69) is 0 Å². The number of hydrogen-bond acceptors (Lipinski definition) is 6. The number of piperidine rings is 1. The average molecular weight is 570 g/mol. The number of benzene rings is 3. The van der Waals surface area contributed by atoms with E-state index in [1.807, 2.05) is 61.9 Å². The number of anilines is 1. The Morgan fingerprint density at radius 2 is 1.88 bits per heavy atom. The van der Waals surface area contributed by atoms with E-state index in [1.165, 1.54) is 0 Å². The van der Waals surface area contributed by atoms with Crippen molar-refractivity contribution < 1.29 is 31.9 Å². The Bertz CT molecular complexity index is 1560. The number of carbonyl (C=O) groups is 2. The fourth-order valence-electron chi connectivity index (χ4n) is 5.05. The second-order valence-corrected chi connectivity index (χ2v) is 12.7. The van der Waals surface area contributed by atoms with Crippen molar-refractivity contribution in [3.63, 3.8) is 0 Å². The van der Waals surface area contributed by atoms with Crippen LogP contribution in [0.15, 0.2) is 54.6 Å². The van der Waals surface area contributed by atoms with E-state index in [0.29, 0.717) is 22.8 Å². The zero-order chi connectivity index (χ0) is 28.7. The molecule has 2 saturated heterocycles. The minimum absolute atomic E-state index is 0.00967. The standard InChI is InChI=1S/C29H32FN3O6S/c1-29(2,3)39-28(35)32-13-7-10-22(16-32)20-11-12-21-15-24(38-18-19-8-5-4-6-9-19)27(26(30)23(21)14-20)33-17-25(34)31-40(33,36)37/h4-6,8-9,11-12,14-15,22H,7,10,13,16-18H2,1-3H3,(H,31,34). The maximum absolute atomic E-state index is 16.3. The third-order valence-electron chi connectivity index (χ3n) is 6.89. The van der Waals surface area contributed by atoms with Gasteiger partial charge < -0.3 is 14.4 Å². The highest BCUT2D eigenvalue weighted by molar-refractivity contribution is 7.92. The average Bonchev–Trinajstić information content (AvgIpc) is 3.18. The van der Waals surface area contributed by atoms with E-state index < -0.39 is 34.1 Å². The van der Waals surface area contributed by atoms with Crippen molar-refractivity contribution in [1.29, 1.82) is 0 Å². The van der Waals surface area contributed by atoms with Crippen LogP contribution in [0.5, 0.6) is 5.75 Å². The van der Waals surface area contributed by atoms with Crippen molar-refractivity contribution in [2.24, 2.45) is 0 Å². The number of carbonyl (C=O) groups excluding carboxylic acids is 2. The van der Waals surface area contributed by atoms with Gasteiger partial charge in [0.1, 0.15) is 30.2 Å².